The molecule has 0 saturated carbocycles. The molecule has 24 heteroatoms. The lowest BCUT2D eigenvalue weighted by molar-refractivity contribution is -0.137. The lowest BCUT2D eigenvalue weighted by Crippen LogP contribution is -2.29. The average molecular weight is 1700 g/mol. The molecule has 2 amide bonds. The van der Waals surface area contributed by atoms with Crippen LogP contribution in [0.2, 0.25) is 10.0 Å². The van der Waals surface area contributed by atoms with Crippen molar-refractivity contribution >= 4 is 123 Å². The van der Waals surface area contributed by atoms with Crippen LogP contribution >= 0.6 is 50.9 Å². The zero-order valence-corrected chi connectivity index (χ0v) is 68.5. The maximum Gasteiger partial charge on any atom is 0.416 e. The first-order chi connectivity index (χ1) is 52.5. The van der Waals surface area contributed by atoms with Gasteiger partial charge in [-0.05, 0) is 169 Å². The molecule has 0 fully saturated rings. The number of carbonyl (C=O) groups is 5. The summed E-state index contributed by atoms with van der Waals surface area (Å²) in [5, 5.41) is 4.90. The van der Waals surface area contributed by atoms with Gasteiger partial charge in [0.25, 0.3) is 0 Å². The Kier molecular flexibility index (Phi) is 38.9. The Hall–Kier alpha value is -8.19. The van der Waals surface area contributed by atoms with Gasteiger partial charge in [-0.15, -0.1) is 11.8 Å². The highest BCUT2D eigenvalue weighted by Gasteiger charge is 2.32. The van der Waals surface area contributed by atoms with E-state index in [1.807, 2.05) is 129 Å². The highest BCUT2D eigenvalue weighted by atomic mass is 79.9. The summed E-state index contributed by atoms with van der Waals surface area (Å²) in [6.07, 6.45) is -2.28. The molecule has 110 heavy (non-hydrogen) atoms. The zero-order chi connectivity index (χ0) is 80.3. The third-order valence-electron chi connectivity index (χ3n) is 16.0. The highest BCUT2D eigenvalue weighted by molar-refractivity contribution is 9.10. The summed E-state index contributed by atoms with van der Waals surface area (Å²) in [5.74, 6) is -1.36. The van der Waals surface area contributed by atoms with Crippen LogP contribution in [0.3, 0.4) is 0 Å². The summed E-state index contributed by atoms with van der Waals surface area (Å²) in [5.41, 5.74) is 8.35. The van der Waals surface area contributed by atoms with Crippen LogP contribution < -0.4 is 10.6 Å². The lowest BCUT2D eigenvalue weighted by atomic mass is 10.0. The van der Waals surface area contributed by atoms with E-state index in [9.17, 15) is 62.8 Å². The molecule has 10 aromatic carbocycles. The summed E-state index contributed by atoms with van der Waals surface area (Å²) in [4.78, 5) is 57.6. The first kappa shape index (κ1) is 90.7. The SMILES string of the molecule is CC(=O)CS(=O)C(c1ccc(C)cc1)c1ccc(C(F)(F)F)cc1.CC(=O)CS(=O)C(c1cccc(Cl)c1)c1cccc(Cl)c1.CC(=O)CS(=O)C(c1cccc(F)c1)c1cccc(F)c1.CCCCNC(=O)CSC(c1ccccc1)c1ccccc1.CCNC(=O)CS(=O)C(c1ccccc1)c1cccc(Br)c1. The van der Waals surface area contributed by atoms with Crippen molar-refractivity contribution in [2.45, 2.75) is 86.8 Å². The molecule has 0 aliphatic rings. The summed E-state index contributed by atoms with van der Waals surface area (Å²) >= 11 is 17.2. The predicted octanol–water partition coefficient (Wildman–Crippen LogP) is 20.1. The molecule has 0 aliphatic carbocycles. The van der Waals surface area contributed by atoms with Crippen LogP contribution in [-0.2, 0) is 73.3 Å². The Morgan fingerprint density at radius 2 is 0.764 bits per heavy atom. The Morgan fingerprint density at radius 1 is 0.418 bits per heavy atom. The summed E-state index contributed by atoms with van der Waals surface area (Å²) in [6.45, 7) is 11.3. The van der Waals surface area contributed by atoms with Crippen molar-refractivity contribution in [3.63, 3.8) is 0 Å². The third kappa shape index (κ3) is 31.2. The van der Waals surface area contributed by atoms with Crippen LogP contribution in [0.1, 0.15) is 140 Å². The number of thioether (sulfide) groups is 1. The van der Waals surface area contributed by atoms with Crippen LogP contribution in [0, 0.1) is 18.6 Å². The molecule has 0 saturated heterocycles. The molecule has 0 bridgehead atoms. The van der Waals surface area contributed by atoms with Crippen LogP contribution in [0.15, 0.2) is 265 Å². The Morgan fingerprint density at radius 3 is 1.15 bits per heavy atom. The van der Waals surface area contributed by atoms with Crippen molar-refractivity contribution < 1.29 is 62.8 Å². The van der Waals surface area contributed by atoms with Gasteiger partial charge in [0.05, 0.1) is 54.8 Å². The van der Waals surface area contributed by atoms with Crippen molar-refractivity contribution in [1.29, 1.82) is 0 Å². The van der Waals surface area contributed by atoms with Crippen LogP contribution in [0.5, 0.6) is 0 Å². The highest BCUT2D eigenvalue weighted by Crippen LogP contribution is 2.38. The number of benzene rings is 10. The smallest absolute Gasteiger partial charge is 0.356 e. The van der Waals surface area contributed by atoms with Gasteiger partial charge in [0.2, 0.25) is 11.8 Å². The Bertz CT molecular complexity index is 4460. The lowest BCUT2D eigenvalue weighted by Gasteiger charge is -2.18. The van der Waals surface area contributed by atoms with E-state index in [1.54, 1.807) is 72.4 Å². The van der Waals surface area contributed by atoms with Gasteiger partial charge in [-0.1, -0.05) is 246 Å². The maximum atomic E-state index is 13.4. The second-order valence-corrected chi connectivity index (χ2v) is 34.1. The van der Waals surface area contributed by atoms with E-state index in [-0.39, 0.29) is 62.7 Å². The number of unbranched alkanes of at least 4 members (excludes halogenated alkanes) is 1. The predicted molar refractivity (Wildman–Crippen MR) is 444 cm³/mol. The van der Waals surface area contributed by atoms with E-state index >= 15 is 0 Å². The van der Waals surface area contributed by atoms with Crippen LogP contribution in [0.25, 0.3) is 0 Å². The molecular formula is C86H86BrCl2F5N2O9S5. The molecular weight excluding hydrogens is 1610 g/mol. The Balaban J connectivity index is 0.000000215. The molecule has 11 nitrogen and oxygen atoms in total. The number of ketones is 3. The minimum Gasteiger partial charge on any atom is -0.356 e. The molecule has 0 radical (unpaired) electrons. The van der Waals surface area contributed by atoms with Gasteiger partial charge in [0.15, 0.2) is 0 Å². The zero-order valence-electron chi connectivity index (χ0n) is 61.3. The van der Waals surface area contributed by atoms with Crippen molar-refractivity contribution in [3.8, 4) is 0 Å². The third-order valence-corrected chi connectivity index (χ3v) is 25.1. The van der Waals surface area contributed by atoms with Gasteiger partial charge in [-0.3, -0.25) is 40.8 Å². The van der Waals surface area contributed by atoms with E-state index in [0.717, 1.165) is 63.8 Å². The van der Waals surface area contributed by atoms with E-state index in [1.165, 1.54) is 80.4 Å². The standard InChI is InChI=1S/C19H23NOS.C18H17F3O2S.C17H18BrNO2S.C16H14Cl2O2S.C16H14F2O2S/c1-2-3-14-20-18(21)15-22-19(16-10-6-4-7-11-16)17-12-8-5-9-13-17;1-12-3-5-14(6-4-12)17(24(23)11-13(2)22)15-7-9-16(10-8-15)18(19,20)21;1-2-19-16(20)12-22(21)17(13-7-4-3-5-8-13)14-9-6-10-15(18)11-14;2*1-11(19)10-21(20)16(12-4-2-6-14(17)8-12)13-5-3-7-15(18)9-13/h4-13,19H,2-3,14-15H2,1H3,(H,20,21);3-10,17H,11H2,1-2H3;3-11,17H,2,12H2,1H3,(H,19,20);2*2-9,16H,10H2,1H3. The Labute approximate surface area is 673 Å². The number of nitrogens with one attached hydrogen (secondary N) is 2. The quantitative estimate of drug-likeness (QED) is 0.0339. The molecule has 10 rings (SSSR count). The molecule has 580 valence electrons. The number of alkyl halides is 3. The molecule has 0 aromatic heterocycles. The second kappa shape index (κ2) is 47.2. The van der Waals surface area contributed by atoms with Gasteiger partial charge in [0, 0.05) is 70.8 Å². The van der Waals surface area contributed by atoms with Gasteiger partial charge < -0.3 is 10.6 Å². The van der Waals surface area contributed by atoms with Gasteiger partial charge >= 0.3 is 6.18 Å². The number of carbonyl (C=O) groups excluding carboxylic acids is 5. The molecule has 0 spiro atoms. The summed E-state index contributed by atoms with van der Waals surface area (Å²) in [7, 11) is -5.85. The topological polar surface area (TPSA) is 178 Å². The fourth-order valence-electron chi connectivity index (χ4n) is 11.1. The van der Waals surface area contributed by atoms with Crippen molar-refractivity contribution in [3.05, 3.63) is 354 Å². The summed E-state index contributed by atoms with van der Waals surface area (Å²) < 4.78 is 116. The molecule has 2 N–H and O–H groups in total. The molecule has 0 heterocycles. The van der Waals surface area contributed by atoms with E-state index < -0.39 is 82.3 Å². The number of amides is 2. The second-order valence-electron chi connectivity index (χ2n) is 25.1. The molecule has 6 unspecified atom stereocenters. The van der Waals surface area contributed by atoms with Gasteiger partial charge in [-0.2, -0.15) is 13.2 Å². The number of hydrogen-bond donors (Lipinski definition) is 2. The van der Waals surface area contributed by atoms with E-state index in [0.29, 0.717) is 44.6 Å². The molecule has 6 atom stereocenters. The van der Waals surface area contributed by atoms with E-state index in [4.69, 9.17) is 23.2 Å². The first-order valence-electron chi connectivity index (χ1n) is 34.8. The normalized spacial score (nSPS) is 12.6. The summed E-state index contributed by atoms with van der Waals surface area (Å²) in [6, 6.07) is 75.7. The van der Waals surface area contributed by atoms with Gasteiger partial charge in [0.1, 0.15) is 34.7 Å². The monoisotopic (exact) mass is 1690 g/mol. The number of Topliss-reactive ketones (excluding diaryl/α,β-unsaturated/α-hetero) is 3. The largest absolute Gasteiger partial charge is 0.416 e. The average Bonchev–Trinajstić information content (AvgIpc) is 0.835. The first-order valence-corrected chi connectivity index (χ1v) is 43.0. The number of halogens is 8. The van der Waals surface area contributed by atoms with Crippen LogP contribution in [-0.4, -0.2) is 87.9 Å². The van der Waals surface area contributed by atoms with E-state index in [2.05, 4.69) is 57.8 Å². The fraction of sp³-hybridized carbons (Fsp3) is 0.244. The molecule has 10 aromatic rings. The fourth-order valence-corrected chi connectivity index (χ4v) is 18.9. The maximum absolute atomic E-state index is 13.4. The van der Waals surface area contributed by atoms with Crippen molar-refractivity contribution in [2.24, 2.45) is 0 Å². The number of aryl methyl sites for hydroxylation is 1. The minimum atomic E-state index is -4.42. The van der Waals surface area contributed by atoms with Crippen LogP contribution in [0.4, 0.5) is 22.0 Å². The number of rotatable bonds is 29. The molecule has 0 aliphatic heterocycles. The van der Waals surface area contributed by atoms with Gasteiger partial charge in [-0.25, -0.2) is 8.78 Å². The minimum absolute atomic E-state index is 0.0000850. The van der Waals surface area contributed by atoms with Crippen molar-refractivity contribution in [1.82, 2.24) is 10.6 Å². The van der Waals surface area contributed by atoms with Crippen molar-refractivity contribution in [2.75, 3.05) is 41.9 Å². The number of hydrogen-bond acceptors (Lipinski definition) is 10.